The Balaban J connectivity index is 3.08. The molecule has 0 radical (unpaired) electrons. The Labute approximate surface area is 55.6 Å². The Morgan fingerprint density at radius 1 is 1.78 bits per heavy atom. The van der Waals surface area contributed by atoms with Crippen LogP contribution in [0.15, 0.2) is 5.38 Å². The summed E-state index contributed by atoms with van der Waals surface area (Å²) >= 11 is 1.12. The van der Waals surface area contributed by atoms with E-state index >= 15 is 0 Å². The molecule has 1 heterocycles. The molecule has 4 nitrogen and oxygen atoms in total. The molecule has 0 fully saturated rings. The zero-order valence-corrected chi connectivity index (χ0v) is 5.31. The van der Waals surface area contributed by atoms with Gasteiger partial charge in [-0.1, -0.05) is 0 Å². The van der Waals surface area contributed by atoms with Gasteiger partial charge in [-0.15, -0.1) is 0 Å². The van der Waals surface area contributed by atoms with Gasteiger partial charge in [0.1, 0.15) is 0 Å². The van der Waals surface area contributed by atoms with Crippen molar-refractivity contribution in [3.8, 4) is 0 Å². The van der Waals surface area contributed by atoms with E-state index in [9.17, 15) is 4.79 Å². The number of anilines is 1. The van der Waals surface area contributed by atoms with Crippen molar-refractivity contribution in [2.75, 3.05) is 5.73 Å². The number of carbonyl (C=O) groups excluding carboxylic acids is 1. The van der Waals surface area contributed by atoms with Gasteiger partial charge in [-0.25, -0.2) is 0 Å². The molecule has 0 unspecified atom stereocenters. The SMILES string of the molecule is NC(=O)c1nscc1N. The normalized spacial score (nSPS) is 9.33. The number of hydrogen-bond acceptors (Lipinski definition) is 4. The second kappa shape index (κ2) is 2.02. The minimum Gasteiger partial charge on any atom is -0.396 e. The summed E-state index contributed by atoms with van der Waals surface area (Å²) in [6.45, 7) is 0. The first-order valence-corrected chi connectivity index (χ1v) is 3.05. The van der Waals surface area contributed by atoms with Crippen molar-refractivity contribution in [3.05, 3.63) is 11.1 Å². The van der Waals surface area contributed by atoms with E-state index in [-0.39, 0.29) is 5.69 Å². The molecular formula is C4H5N3OS. The van der Waals surface area contributed by atoms with E-state index in [1.807, 2.05) is 0 Å². The van der Waals surface area contributed by atoms with E-state index in [0.29, 0.717) is 5.69 Å². The van der Waals surface area contributed by atoms with E-state index in [4.69, 9.17) is 11.5 Å². The largest absolute Gasteiger partial charge is 0.396 e. The second-order valence-electron chi connectivity index (χ2n) is 1.48. The maximum absolute atomic E-state index is 10.4. The highest BCUT2D eigenvalue weighted by Crippen LogP contribution is 2.10. The van der Waals surface area contributed by atoms with E-state index in [1.54, 1.807) is 5.38 Å². The number of nitrogens with zero attached hydrogens (tertiary/aromatic N) is 1. The zero-order valence-electron chi connectivity index (χ0n) is 4.50. The van der Waals surface area contributed by atoms with Gasteiger partial charge in [0.15, 0.2) is 5.69 Å². The number of aromatic nitrogens is 1. The summed E-state index contributed by atoms with van der Waals surface area (Å²) in [6, 6.07) is 0. The van der Waals surface area contributed by atoms with Crippen molar-refractivity contribution < 1.29 is 4.79 Å². The third kappa shape index (κ3) is 0.996. The predicted octanol–water partition coefficient (Wildman–Crippen LogP) is -0.176. The molecule has 1 aromatic heterocycles. The van der Waals surface area contributed by atoms with Gasteiger partial charge >= 0.3 is 0 Å². The monoisotopic (exact) mass is 143 g/mol. The third-order valence-corrected chi connectivity index (χ3v) is 1.48. The van der Waals surface area contributed by atoms with Crippen LogP contribution >= 0.6 is 11.5 Å². The third-order valence-electron chi connectivity index (χ3n) is 0.830. The Hall–Kier alpha value is -1.10. The van der Waals surface area contributed by atoms with Gasteiger partial charge in [0.2, 0.25) is 0 Å². The highest BCUT2D eigenvalue weighted by atomic mass is 32.1. The fourth-order valence-electron chi connectivity index (χ4n) is 0.432. The average Bonchev–Trinajstić information content (AvgIpc) is 2.13. The molecule has 0 bridgehead atoms. The van der Waals surface area contributed by atoms with Crippen LogP contribution in [0.4, 0.5) is 5.69 Å². The summed E-state index contributed by atoms with van der Waals surface area (Å²) < 4.78 is 3.66. The van der Waals surface area contributed by atoms with Crippen LogP contribution < -0.4 is 11.5 Å². The Bertz CT molecular complexity index is 231. The molecule has 4 N–H and O–H groups in total. The minimum absolute atomic E-state index is 0.167. The first kappa shape index (κ1) is 6.03. The molecule has 0 saturated heterocycles. The Kier molecular flexibility index (Phi) is 1.35. The molecule has 1 aromatic rings. The first-order chi connectivity index (χ1) is 4.22. The molecule has 0 aliphatic carbocycles. The van der Waals surface area contributed by atoms with Crippen molar-refractivity contribution in [2.24, 2.45) is 5.73 Å². The van der Waals surface area contributed by atoms with Crippen molar-refractivity contribution >= 4 is 23.1 Å². The molecular weight excluding hydrogens is 138 g/mol. The summed E-state index contributed by atoms with van der Waals surface area (Å²) in [5.41, 5.74) is 10.7. The highest BCUT2D eigenvalue weighted by molar-refractivity contribution is 7.04. The maximum Gasteiger partial charge on any atom is 0.270 e. The van der Waals surface area contributed by atoms with Crippen molar-refractivity contribution in [1.82, 2.24) is 4.37 Å². The van der Waals surface area contributed by atoms with Crippen molar-refractivity contribution in [1.29, 1.82) is 0 Å². The van der Waals surface area contributed by atoms with Crippen LogP contribution in [0, 0.1) is 0 Å². The summed E-state index contributed by atoms with van der Waals surface area (Å²) in [6.07, 6.45) is 0. The van der Waals surface area contributed by atoms with Crippen LogP contribution in [0.5, 0.6) is 0 Å². The van der Waals surface area contributed by atoms with Gasteiger partial charge in [0, 0.05) is 5.38 Å². The number of amides is 1. The molecule has 1 rings (SSSR count). The van der Waals surface area contributed by atoms with E-state index in [0.717, 1.165) is 11.5 Å². The summed E-state index contributed by atoms with van der Waals surface area (Å²) in [4.78, 5) is 10.4. The number of nitrogen functional groups attached to an aromatic ring is 1. The molecule has 0 aliphatic heterocycles. The lowest BCUT2D eigenvalue weighted by atomic mass is 10.4. The quantitative estimate of drug-likeness (QED) is 0.572. The Morgan fingerprint density at radius 3 is 2.67 bits per heavy atom. The fourth-order valence-corrected chi connectivity index (χ4v) is 1.01. The van der Waals surface area contributed by atoms with Crippen LogP contribution in [-0.4, -0.2) is 10.3 Å². The number of hydrogen-bond donors (Lipinski definition) is 2. The number of rotatable bonds is 1. The molecule has 0 atom stereocenters. The molecule has 0 spiro atoms. The molecule has 48 valence electrons. The van der Waals surface area contributed by atoms with Gasteiger partial charge in [-0.3, -0.25) is 4.79 Å². The number of nitrogens with two attached hydrogens (primary N) is 2. The predicted molar refractivity (Wildman–Crippen MR) is 35.0 cm³/mol. The molecule has 5 heteroatoms. The van der Waals surface area contributed by atoms with Crippen molar-refractivity contribution in [3.63, 3.8) is 0 Å². The number of primary amides is 1. The van der Waals surface area contributed by atoms with Gasteiger partial charge in [0.05, 0.1) is 5.69 Å². The van der Waals surface area contributed by atoms with Crippen LogP contribution in [0.3, 0.4) is 0 Å². The van der Waals surface area contributed by atoms with Crippen LogP contribution in [-0.2, 0) is 0 Å². The Morgan fingerprint density at radius 2 is 2.44 bits per heavy atom. The van der Waals surface area contributed by atoms with Gasteiger partial charge in [0.25, 0.3) is 5.91 Å². The molecule has 9 heavy (non-hydrogen) atoms. The highest BCUT2D eigenvalue weighted by Gasteiger charge is 2.06. The molecule has 0 aliphatic rings. The van der Waals surface area contributed by atoms with Crippen LogP contribution in [0.2, 0.25) is 0 Å². The topological polar surface area (TPSA) is 82.0 Å². The molecule has 0 saturated carbocycles. The van der Waals surface area contributed by atoms with Gasteiger partial charge in [-0.05, 0) is 11.5 Å². The maximum atomic E-state index is 10.4. The second-order valence-corrected chi connectivity index (χ2v) is 2.11. The fraction of sp³-hybridized carbons (Fsp3) is 0. The van der Waals surface area contributed by atoms with Crippen molar-refractivity contribution in [2.45, 2.75) is 0 Å². The lowest BCUT2D eigenvalue weighted by molar-refractivity contribution is 0.0997. The van der Waals surface area contributed by atoms with Crippen LogP contribution in [0.25, 0.3) is 0 Å². The summed E-state index contributed by atoms with van der Waals surface area (Å²) in [5, 5.41) is 1.57. The van der Waals surface area contributed by atoms with E-state index < -0.39 is 5.91 Å². The number of carbonyl (C=O) groups is 1. The first-order valence-electron chi connectivity index (χ1n) is 2.21. The smallest absolute Gasteiger partial charge is 0.270 e. The van der Waals surface area contributed by atoms with Gasteiger partial charge < -0.3 is 11.5 Å². The minimum atomic E-state index is -0.575. The van der Waals surface area contributed by atoms with Gasteiger partial charge in [-0.2, -0.15) is 4.37 Å². The molecule has 0 aromatic carbocycles. The molecule has 1 amide bonds. The van der Waals surface area contributed by atoms with E-state index in [2.05, 4.69) is 4.37 Å². The lowest BCUT2D eigenvalue weighted by Crippen LogP contribution is -2.12. The van der Waals surface area contributed by atoms with E-state index in [1.165, 1.54) is 0 Å². The zero-order chi connectivity index (χ0) is 6.85. The standard InChI is InChI=1S/C4H5N3OS/c5-2-1-9-7-3(2)4(6)8/h1H,5H2,(H2,6,8). The summed E-state index contributed by atoms with van der Waals surface area (Å²) in [7, 11) is 0. The summed E-state index contributed by atoms with van der Waals surface area (Å²) in [5.74, 6) is -0.575. The van der Waals surface area contributed by atoms with Crippen LogP contribution in [0.1, 0.15) is 10.5 Å². The lowest BCUT2D eigenvalue weighted by Gasteiger charge is -1.86. The average molecular weight is 143 g/mol.